The van der Waals surface area contributed by atoms with E-state index in [0.717, 1.165) is 87.2 Å². The van der Waals surface area contributed by atoms with Crippen molar-refractivity contribution in [3.63, 3.8) is 0 Å². The van der Waals surface area contributed by atoms with Crippen molar-refractivity contribution >= 4 is 23.5 Å². The van der Waals surface area contributed by atoms with Crippen molar-refractivity contribution in [2.75, 3.05) is 32.6 Å². The number of aryl methyl sites for hydroxylation is 3. The van der Waals surface area contributed by atoms with Crippen LogP contribution >= 0.6 is 0 Å². The molecule has 6 heteroatoms. The lowest BCUT2D eigenvalue weighted by atomic mass is 9.97. The van der Waals surface area contributed by atoms with Crippen molar-refractivity contribution in [1.29, 1.82) is 0 Å². The zero-order valence-corrected chi connectivity index (χ0v) is 26.9. The van der Waals surface area contributed by atoms with E-state index in [1.54, 1.807) is 27.2 Å². The first kappa shape index (κ1) is 34.4. The van der Waals surface area contributed by atoms with Crippen molar-refractivity contribution in [3.05, 3.63) is 95.1 Å². The number of carbonyl (C=O) groups is 2. The summed E-state index contributed by atoms with van der Waals surface area (Å²) in [4.78, 5) is 24.3. The number of nitrogens with one attached hydrogen (secondary N) is 2. The van der Waals surface area contributed by atoms with Crippen molar-refractivity contribution in [2.45, 2.75) is 77.6 Å². The first-order valence-corrected chi connectivity index (χ1v) is 16.0. The summed E-state index contributed by atoms with van der Waals surface area (Å²) in [5.74, 6) is 1.70. The molecular formula is C38H50N2O4. The van der Waals surface area contributed by atoms with Crippen LogP contribution in [0.4, 0.5) is 5.69 Å². The van der Waals surface area contributed by atoms with Crippen LogP contribution in [0.25, 0.3) is 6.08 Å². The number of hydrogen-bond acceptors (Lipinski definition) is 5. The highest BCUT2D eigenvalue weighted by atomic mass is 16.5. The Morgan fingerprint density at radius 3 is 2.11 bits per heavy atom. The zero-order chi connectivity index (χ0) is 31.6. The van der Waals surface area contributed by atoms with E-state index in [1.807, 2.05) is 30.3 Å². The molecule has 0 bridgehead atoms. The van der Waals surface area contributed by atoms with Crippen LogP contribution in [-0.2, 0) is 24.1 Å². The van der Waals surface area contributed by atoms with Crippen LogP contribution in [0.2, 0.25) is 0 Å². The highest BCUT2D eigenvalue weighted by molar-refractivity contribution is 5.98. The highest BCUT2D eigenvalue weighted by Gasteiger charge is 2.09. The molecule has 0 fully saturated rings. The molecule has 0 aliphatic rings. The lowest BCUT2D eigenvalue weighted by Crippen LogP contribution is -2.24. The van der Waals surface area contributed by atoms with Gasteiger partial charge in [0.25, 0.3) is 0 Å². The Hall–Kier alpha value is -4.06. The molecule has 6 nitrogen and oxygen atoms in total. The fourth-order valence-electron chi connectivity index (χ4n) is 5.47. The molecule has 0 aliphatic heterocycles. The summed E-state index contributed by atoms with van der Waals surface area (Å²) in [6.07, 6.45) is 12.7. The summed E-state index contributed by atoms with van der Waals surface area (Å²) in [6.45, 7) is 7.00. The Balaban J connectivity index is 1.24. The summed E-state index contributed by atoms with van der Waals surface area (Å²) in [5.41, 5.74) is 6.37. The lowest BCUT2D eigenvalue weighted by molar-refractivity contribution is -0.121. The molecule has 0 saturated carbocycles. The largest absolute Gasteiger partial charge is 0.493 e. The average Bonchev–Trinajstić information content (AvgIpc) is 3.04. The second-order valence-corrected chi connectivity index (χ2v) is 11.3. The number of hydrogen-bond donors (Lipinski definition) is 2. The van der Waals surface area contributed by atoms with Crippen molar-refractivity contribution in [3.8, 4) is 11.5 Å². The van der Waals surface area contributed by atoms with Gasteiger partial charge >= 0.3 is 0 Å². The molecule has 236 valence electrons. The number of unbranched alkanes of at least 4 members (excludes halogenated alkanes) is 5. The first-order chi connectivity index (χ1) is 21.4. The second-order valence-electron chi connectivity index (χ2n) is 11.3. The second kappa shape index (κ2) is 19.3. The van der Waals surface area contributed by atoms with Gasteiger partial charge in [-0.1, -0.05) is 74.7 Å². The summed E-state index contributed by atoms with van der Waals surface area (Å²) in [5, 5.41) is 6.53. The van der Waals surface area contributed by atoms with E-state index >= 15 is 0 Å². The Bertz CT molecular complexity index is 1350. The van der Waals surface area contributed by atoms with Crippen LogP contribution in [0.1, 0.15) is 90.9 Å². The van der Waals surface area contributed by atoms with Crippen molar-refractivity contribution in [2.24, 2.45) is 0 Å². The number of carbonyl (C=O) groups excluding carboxylic acids is 2. The van der Waals surface area contributed by atoms with Crippen LogP contribution < -0.4 is 20.1 Å². The molecule has 3 rings (SSSR count). The maximum atomic E-state index is 12.5. The predicted octanol–water partition coefficient (Wildman–Crippen LogP) is 8.23. The maximum Gasteiger partial charge on any atom is 0.220 e. The third kappa shape index (κ3) is 11.6. The minimum atomic E-state index is 0.0553. The predicted molar refractivity (Wildman–Crippen MR) is 182 cm³/mol. The summed E-state index contributed by atoms with van der Waals surface area (Å²) < 4.78 is 10.8. The van der Waals surface area contributed by atoms with E-state index in [4.69, 9.17) is 9.47 Å². The van der Waals surface area contributed by atoms with Crippen LogP contribution in [0, 0.1) is 0 Å². The standard InChI is InChI=1S/C38H50N2O4/c1-5-31-20-22-34(28-35(31)29(2)41)39-25-12-8-6-7-9-13-26-40-38(42)24-21-33-17-11-10-16-32(33)18-14-15-30-19-23-36(43-3)37(27-30)44-4/h5,10-11,16-17,19-20,22-23,27-28,39H,1,6-9,12-15,18,21,24-26H2,2-4H3,(H,40,42). The van der Waals surface area contributed by atoms with Crippen LogP contribution in [0.15, 0.2) is 67.2 Å². The van der Waals surface area contributed by atoms with Gasteiger partial charge in [0.2, 0.25) is 5.91 Å². The average molecular weight is 599 g/mol. The molecule has 0 saturated heterocycles. The van der Waals surface area contributed by atoms with Gasteiger partial charge in [-0.05, 0) is 92.0 Å². The quantitative estimate of drug-likeness (QED) is 0.0954. The lowest BCUT2D eigenvalue weighted by Gasteiger charge is -2.11. The Labute approximate surface area is 264 Å². The maximum absolute atomic E-state index is 12.5. The summed E-state index contributed by atoms with van der Waals surface area (Å²) >= 11 is 0. The van der Waals surface area contributed by atoms with E-state index in [9.17, 15) is 9.59 Å². The Morgan fingerprint density at radius 2 is 1.43 bits per heavy atom. The minimum absolute atomic E-state index is 0.0553. The fraction of sp³-hybridized carbons (Fsp3) is 0.421. The van der Waals surface area contributed by atoms with Crippen LogP contribution in [-0.4, -0.2) is 39.0 Å². The van der Waals surface area contributed by atoms with Gasteiger partial charge in [-0.25, -0.2) is 0 Å². The number of rotatable bonds is 21. The molecule has 0 spiro atoms. The van der Waals surface area contributed by atoms with E-state index < -0.39 is 0 Å². The molecule has 0 unspecified atom stereocenters. The molecule has 3 aromatic carbocycles. The number of ketones is 1. The van der Waals surface area contributed by atoms with Crippen molar-refractivity contribution < 1.29 is 19.1 Å². The SMILES string of the molecule is C=Cc1ccc(NCCCCCCCCNC(=O)CCc2ccccc2CCCc2ccc(OC)c(OC)c2)cc1C(C)=O. The Kier molecular flexibility index (Phi) is 15.1. The van der Waals surface area contributed by atoms with Gasteiger partial charge in [-0.2, -0.15) is 0 Å². The molecule has 0 heterocycles. The fourth-order valence-corrected chi connectivity index (χ4v) is 5.47. The van der Waals surface area contributed by atoms with Gasteiger partial charge in [-0.15, -0.1) is 0 Å². The molecular weight excluding hydrogens is 548 g/mol. The molecule has 44 heavy (non-hydrogen) atoms. The molecule has 1 amide bonds. The minimum Gasteiger partial charge on any atom is -0.493 e. The van der Waals surface area contributed by atoms with Gasteiger partial charge < -0.3 is 20.1 Å². The summed E-state index contributed by atoms with van der Waals surface area (Å²) in [6, 6.07) is 20.4. The zero-order valence-electron chi connectivity index (χ0n) is 26.9. The van der Waals surface area contributed by atoms with Crippen molar-refractivity contribution in [1.82, 2.24) is 5.32 Å². The van der Waals surface area contributed by atoms with Gasteiger partial charge in [0.15, 0.2) is 17.3 Å². The molecule has 0 aromatic heterocycles. The molecule has 0 radical (unpaired) electrons. The van der Waals surface area contributed by atoms with Crippen LogP contribution in [0.5, 0.6) is 11.5 Å². The van der Waals surface area contributed by atoms with Gasteiger partial charge in [0.05, 0.1) is 14.2 Å². The van der Waals surface area contributed by atoms with Crippen LogP contribution in [0.3, 0.4) is 0 Å². The third-order valence-electron chi connectivity index (χ3n) is 8.01. The van der Waals surface area contributed by atoms with E-state index in [0.29, 0.717) is 12.0 Å². The monoisotopic (exact) mass is 598 g/mol. The van der Waals surface area contributed by atoms with Gasteiger partial charge in [0, 0.05) is 30.8 Å². The number of benzene rings is 3. The highest BCUT2D eigenvalue weighted by Crippen LogP contribution is 2.28. The van der Waals surface area contributed by atoms with Gasteiger partial charge in [0.1, 0.15) is 0 Å². The summed E-state index contributed by atoms with van der Waals surface area (Å²) in [7, 11) is 3.31. The number of anilines is 1. The van der Waals surface area contributed by atoms with E-state index in [2.05, 4.69) is 47.5 Å². The third-order valence-corrected chi connectivity index (χ3v) is 8.01. The number of Topliss-reactive ketones (excluding diaryl/α,β-unsaturated/α-hetero) is 1. The molecule has 0 aliphatic carbocycles. The topological polar surface area (TPSA) is 76.7 Å². The molecule has 0 atom stereocenters. The normalized spacial score (nSPS) is 10.7. The molecule has 2 N–H and O–H groups in total. The first-order valence-electron chi connectivity index (χ1n) is 16.0. The smallest absolute Gasteiger partial charge is 0.220 e. The number of methoxy groups -OCH3 is 2. The van der Waals surface area contributed by atoms with E-state index in [1.165, 1.54) is 29.5 Å². The van der Waals surface area contributed by atoms with E-state index in [-0.39, 0.29) is 11.7 Å². The number of ether oxygens (including phenoxy) is 2. The Morgan fingerprint density at radius 1 is 0.750 bits per heavy atom. The van der Waals surface area contributed by atoms with Gasteiger partial charge in [-0.3, -0.25) is 9.59 Å². The molecule has 3 aromatic rings. The number of amides is 1.